The molecule has 3 aromatic rings. The zero-order valence-corrected chi connectivity index (χ0v) is 21.1. The van der Waals surface area contributed by atoms with Crippen molar-refractivity contribution >= 4 is 44.9 Å². The molecule has 0 aromatic heterocycles. The van der Waals surface area contributed by atoms with Gasteiger partial charge in [0, 0.05) is 16.3 Å². The maximum absolute atomic E-state index is 12.6. The summed E-state index contributed by atoms with van der Waals surface area (Å²) in [5.74, 6) is -0.725. The number of benzene rings is 3. The summed E-state index contributed by atoms with van der Waals surface area (Å²) in [7, 11) is -3.55. The van der Waals surface area contributed by atoms with Crippen LogP contribution in [0.1, 0.15) is 46.0 Å². The van der Waals surface area contributed by atoms with Gasteiger partial charge in [-0.05, 0) is 66.6 Å². The monoisotopic (exact) mass is 514 g/mol. The van der Waals surface area contributed by atoms with Crippen LogP contribution < -0.4 is 9.62 Å². The Hall–Kier alpha value is -3.36. The lowest BCUT2D eigenvalue weighted by Crippen LogP contribution is -2.29. The molecule has 0 fully saturated rings. The molecule has 0 aliphatic carbocycles. The summed E-state index contributed by atoms with van der Waals surface area (Å²) in [4.78, 5) is 24.6. The first-order chi connectivity index (χ1) is 16.7. The maximum Gasteiger partial charge on any atom is 0.338 e. The third kappa shape index (κ3) is 7.56. The van der Waals surface area contributed by atoms with Crippen molar-refractivity contribution in [2.75, 3.05) is 22.5 Å². The van der Waals surface area contributed by atoms with Gasteiger partial charge in [0.25, 0.3) is 5.91 Å². The van der Waals surface area contributed by atoms with Crippen LogP contribution in [0.3, 0.4) is 0 Å². The van der Waals surface area contributed by atoms with Crippen LogP contribution in [0.4, 0.5) is 11.4 Å². The Balaban J connectivity index is 1.65. The Morgan fingerprint density at radius 1 is 0.971 bits per heavy atom. The van der Waals surface area contributed by atoms with Crippen LogP contribution in [0.15, 0.2) is 72.8 Å². The van der Waals surface area contributed by atoms with E-state index in [0.29, 0.717) is 39.7 Å². The molecule has 0 aliphatic heterocycles. The van der Waals surface area contributed by atoms with Crippen molar-refractivity contribution in [1.29, 1.82) is 0 Å². The van der Waals surface area contributed by atoms with Crippen LogP contribution in [-0.4, -0.2) is 33.2 Å². The lowest BCUT2D eigenvalue weighted by molar-refractivity contribution is 0.0499. The van der Waals surface area contributed by atoms with Crippen molar-refractivity contribution in [3.05, 3.63) is 94.5 Å². The van der Waals surface area contributed by atoms with Crippen LogP contribution in [0.5, 0.6) is 0 Å². The summed E-state index contributed by atoms with van der Waals surface area (Å²) in [5.41, 5.74) is 2.52. The minimum absolute atomic E-state index is 0.0941. The molecular weight excluding hydrogens is 488 g/mol. The maximum atomic E-state index is 12.6. The lowest BCUT2D eigenvalue weighted by Gasteiger charge is -2.22. The van der Waals surface area contributed by atoms with Crippen molar-refractivity contribution in [1.82, 2.24) is 0 Å². The Morgan fingerprint density at radius 2 is 1.63 bits per heavy atom. The highest BCUT2D eigenvalue weighted by molar-refractivity contribution is 7.92. The molecule has 7 nitrogen and oxygen atoms in total. The van der Waals surface area contributed by atoms with E-state index in [2.05, 4.69) is 5.32 Å². The molecule has 0 saturated carbocycles. The molecule has 184 valence electrons. The highest BCUT2D eigenvalue weighted by Crippen LogP contribution is 2.24. The first-order valence-electron chi connectivity index (χ1n) is 11.1. The van der Waals surface area contributed by atoms with Crippen molar-refractivity contribution in [2.45, 2.75) is 26.3 Å². The van der Waals surface area contributed by atoms with E-state index in [1.165, 1.54) is 4.31 Å². The van der Waals surface area contributed by atoms with E-state index in [1.807, 2.05) is 6.92 Å². The first kappa shape index (κ1) is 26.2. The second kappa shape index (κ2) is 11.9. The third-order valence-electron chi connectivity index (χ3n) is 5.15. The normalized spacial score (nSPS) is 11.1. The van der Waals surface area contributed by atoms with Gasteiger partial charge in [-0.15, -0.1) is 0 Å². The number of carbonyl (C=O) groups excluding carboxylic acids is 2. The van der Waals surface area contributed by atoms with E-state index >= 15 is 0 Å². The van der Waals surface area contributed by atoms with Crippen molar-refractivity contribution in [3.8, 4) is 0 Å². The number of hydrogen-bond donors (Lipinski definition) is 1. The average Bonchev–Trinajstić information content (AvgIpc) is 2.82. The van der Waals surface area contributed by atoms with E-state index in [-0.39, 0.29) is 12.5 Å². The van der Waals surface area contributed by atoms with Gasteiger partial charge in [-0.2, -0.15) is 0 Å². The molecule has 0 aliphatic rings. The topological polar surface area (TPSA) is 92.8 Å². The fourth-order valence-corrected chi connectivity index (χ4v) is 4.31. The molecule has 0 saturated heterocycles. The molecule has 1 N–H and O–H groups in total. The number of nitrogens with one attached hydrogen (secondary N) is 1. The Morgan fingerprint density at radius 3 is 2.23 bits per heavy atom. The second-order valence-electron chi connectivity index (χ2n) is 7.97. The van der Waals surface area contributed by atoms with Crippen LogP contribution in [0.2, 0.25) is 5.02 Å². The van der Waals surface area contributed by atoms with E-state index in [1.54, 1.807) is 72.8 Å². The van der Waals surface area contributed by atoms with Gasteiger partial charge in [0.1, 0.15) is 0 Å². The number of nitrogens with zero attached hydrogens (tertiary/aromatic N) is 1. The van der Waals surface area contributed by atoms with Gasteiger partial charge in [0.05, 0.1) is 30.7 Å². The third-order valence-corrected chi connectivity index (χ3v) is 6.52. The van der Waals surface area contributed by atoms with Gasteiger partial charge in [0.15, 0.2) is 0 Å². The number of anilines is 2. The standard InChI is InChI=1S/C26H27ClN2O5S/c1-3-4-16-34-26(31)21-12-14-23(15-13-21)28-25(30)20-10-8-19(9-11-20)18-29(35(2,32)33)24-7-5-6-22(27)17-24/h5-15,17H,3-4,16,18H2,1-2H3,(H,28,30). The predicted molar refractivity (Wildman–Crippen MR) is 139 cm³/mol. The van der Waals surface area contributed by atoms with Gasteiger partial charge < -0.3 is 10.1 Å². The number of hydrogen-bond acceptors (Lipinski definition) is 5. The van der Waals surface area contributed by atoms with E-state index in [4.69, 9.17) is 16.3 Å². The largest absolute Gasteiger partial charge is 0.462 e. The van der Waals surface area contributed by atoms with Crippen molar-refractivity contribution in [3.63, 3.8) is 0 Å². The Kier molecular flexibility index (Phi) is 8.89. The van der Waals surface area contributed by atoms with Crippen molar-refractivity contribution in [2.24, 2.45) is 0 Å². The highest BCUT2D eigenvalue weighted by atomic mass is 35.5. The fourth-order valence-electron chi connectivity index (χ4n) is 3.24. The highest BCUT2D eigenvalue weighted by Gasteiger charge is 2.18. The molecule has 9 heteroatoms. The van der Waals surface area contributed by atoms with Crippen molar-refractivity contribution < 1.29 is 22.7 Å². The van der Waals surface area contributed by atoms with Gasteiger partial charge in [-0.3, -0.25) is 9.10 Å². The summed E-state index contributed by atoms with van der Waals surface area (Å²) in [6.07, 6.45) is 2.88. The van der Waals surface area contributed by atoms with Crippen LogP contribution in [0, 0.1) is 0 Å². The number of rotatable bonds is 10. The SMILES string of the molecule is CCCCOC(=O)c1ccc(NC(=O)c2ccc(CN(c3cccc(Cl)c3)S(C)(=O)=O)cc2)cc1. The average molecular weight is 515 g/mol. The second-order valence-corrected chi connectivity index (χ2v) is 10.3. The number of carbonyl (C=O) groups is 2. The molecule has 0 atom stereocenters. The minimum atomic E-state index is -3.55. The number of amides is 1. The van der Waals surface area contributed by atoms with Crippen LogP contribution in [0.25, 0.3) is 0 Å². The van der Waals surface area contributed by atoms with E-state index < -0.39 is 16.0 Å². The number of sulfonamides is 1. The summed E-state index contributed by atoms with van der Waals surface area (Å²) in [5, 5.41) is 3.22. The molecule has 1 amide bonds. The summed E-state index contributed by atoms with van der Waals surface area (Å²) >= 11 is 6.02. The van der Waals surface area contributed by atoms with Gasteiger partial charge in [0.2, 0.25) is 10.0 Å². The summed E-state index contributed by atoms with van der Waals surface area (Å²) in [6.45, 7) is 2.49. The number of esters is 1. The first-order valence-corrected chi connectivity index (χ1v) is 13.3. The predicted octanol–water partition coefficient (Wildman–Crippen LogP) is 5.52. The van der Waals surface area contributed by atoms with Gasteiger partial charge >= 0.3 is 5.97 Å². The fraction of sp³-hybridized carbons (Fsp3) is 0.231. The van der Waals surface area contributed by atoms with E-state index in [0.717, 1.165) is 19.1 Å². The molecule has 3 aromatic carbocycles. The molecule has 35 heavy (non-hydrogen) atoms. The molecule has 3 rings (SSSR count). The molecule has 0 bridgehead atoms. The zero-order valence-electron chi connectivity index (χ0n) is 19.5. The van der Waals surface area contributed by atoms with Gasteiger partial charge in [-0.25, -0.2) is 13.2 Å². The quantitative estimate of drug-likeness (QED) is 0.284. The number of halogens is 1. The molecule has 0 heterocycles. The smallest absolute Gasteiger partial charge is 0.338 e. The minimum Gasteiger partial charge on any atom is -0.462 e. The lowest BCUT2D eigenvalue weighted by atomic mass is 10.1. The Labute approximate surface area is 210 Å². The molecule has 0 radical (unpaired) electrons. The molecule has 0 spiro atoms. The number of unbranched alkanes of at least 4 members (excludes halogenated alkanes) is 1. The molecule has 0 unspecified atom stereocenters. The van der Waals surface area contributed by atoms with E-state index in [9.17, 15) is 18.0 Å². The van der Waals surface area contributed by atoms with Gasteiger partial charge in [-0.1, -0.05) is 43.1 Å². The zero-order chi connectivity index (χ0) is 25.4. The summed E-state index contributed by atoms with van der Waals surface area (Å²) in [6, 6.07) is 19.7. The molecular formula is C26H27ClN2O5S. The summed E-state index contributed by atoms with van der Waals surface area (Å²) < 4.78 is 31.1. The number of ether oxygens (including phenoxy) is 1. The Bertz CT molecular complexity index is 1280. The van der Waals surface area contributed by atoms with Crippen LogP contribution >= 0.6 is 11.6 Å². The van der Waals surface area contributed by atoms with Crippen LogP contribution in [-0.2, 0) is 21.3 Å².